The van der Waals surface area contributed by atoms with Crippen LogP contribution in [0.2, 0.25) is 0 Å². The summed E-state index contributed by atoms with van der Waals surface area (Å²) >= 11 is 0. The monoisotopic (exact) mass is 217 g/mol. The maximum absolute atomic E-state index is 10.6. The first-order valence-corrected chi connectivity index (χ1v) is 4.90. The van der Waals surface area contributed by atoms with Crippen LogP contribution in [-0.4, -0.2) is 22.2 Å². The molecular formula is C12H11NO3. The van der Waals surface area contributed by atoms with Crippen LogP contribution in [0.1, 0.15) is 6.92 Å². The molecule has 16 heavy (non-hydrogen) atoms. The molecule has 82 valence electrons. The van der Waals surface area contributed by atoms with Crippen LogP contribution in [0, 0.1) is 0 Å². The van der Waals surface area contributed by atoms with Gasteiger partial charge in [-0.3, -0.25) is 4.98 Å². The molecule has 0 spiro atoms. The SMILES string of the molecule is CC(Oc1ccc2ccncc2c1)C(=O)O. The van der Waals surface area contributed by atoms with E-state index in [1.165, 1.54) is 6.92 Å². The minimum atomic E-state index is -0.980. The fourth-order valence-corrected chi connectivity index (χ4v) is 1.39. The maximum Gasteiger partial charge on any atom is 0.344 e. The number of rotatable bonds is 3. The van der Waals surface area contributed by atoms with Gasteiger partial charge in [0.25, 0.3) is 0 Å². The molecule has 0 aliphatic rings. The summed E-state index contributed by atoms with van der Waals surface area (Å²) in [5.74, 6) is -0.443. The summed E-state index contributed by atoms with van der Waals surface area (Å²) in [6.45, 7) is 1.50. The van der Waals surface area contributed by atoms with Gasteiger partial charge in [-0.05, 0) is 30.5 Å². The van der Waals surface area contributed by atoms with Crippen LogP contribution in [-0.2, 0) is 4.79 Å². The number of fused-ring (bicyclic) bond motifs is 1. The summed E-state index contributed by atoms with van der Waals surface area (Å²) in [4.78, 5) is 14.6. The maximum atomic E-state index is 10.6. The van der Waals surface area contributed by atoms with Crippen molar-refractivity contribution in [1.82, 2.24) is 4.98 Å². The summed E-state index contributed by atoms with van der Waals surface area (Å²) in [7, 11) is 0. The number of aromatic nitrogens is 1. The summed E-state index contributed by atoms with van der Waals surface area (Å²) in [6, 6.07) is 7.30. The third kappa shape index (κ3) is 2.11. The second-order valence-electron chi connectivity index (χ2n) is 3.48. The van der Waals surface area contributed by atoms with Crippen LogP contribution in [0.15, 0.2) is 36.7 Å². The Balaban J connectivity index is 2.29. The highest BCUT2D eigenvalue weighted by Crippen LogP contribution is 2.20. The molecule has 0 bridgehead atoms. The van der Waals surface area contributed by atoms with Gasteiger partial charge in [-0.1, -0.05) is 6.07 Å². The van der Waals surface area contributed by atoms with E-state index in [0.29, 0.717) is 5.75 Å². The van der Waals surface area contributed by atoms with Crippen LogP contribution in [0.25, 0.3) is 10.8 Å². The van der Waals surface area contributed by atoms with Crippen LogP contribution >= 0.6 is 0 Å². The number of carbonyl (C=O) groups is 1. The predicted molar refractivity (Wildman–Crippen MR) is 59.5 cm³/mol. The smallest absolute Gasteiger partial charge is 0.344 e. The van der Waals surface area contributed by atoms with Gasteiger partial charge in [-0.25, -0.2) is 4.79 Å². The average molecular weight is 217 g/mol. The Labute approximate surface area is 92.5 Å². The number of aliphatic carboxylic acids is 1. The first-order chi connectivity index (χ1) is 7.66. The largest absolute Gasteiger partial charge is 0.479 e. The van der Waals surface area contributed by atoms with Gasteiger partial charge in [0.1, 0.15) is 5.75 Å². The van der Waals surface area contributed by atoms with E-state index >= 15 is 0 Å². The van der Waals surface area contributed by atoms with Gasteiger partial charge in [0.15, 0.2) is 6.10 Å². The standard InChI is InChI=1S/C12H11NO3/c1-8(12(14)15)16-11-3-2-9-4-5-13-7-10(9)6-11/h2-8H,1H3,(H,14,15). The number of carboxylic acids is 1. The normalized spacial score (nSPS) is 12.3. The van der Waals surface area contributed by atoms with Gasteiger partial charge in [-0.15, -0.1) is 0 Å². The summed E-state index contributed by atoms with van der Waals surface area (Å²) in [5.41, 5.74) is 0. The number of benzene rings is 1. The number of carboxylic acid groups (broad SMARTS) is 1. The van der Waals surface area contributed by atoms with E-state index in [2.05, 4.69) is 4.98 Å². The molecule has 0 saturated carbocycles. The summed E-state index contributed by atoms with van der Waals surface area (Å²) < 4.78 is 5.26. The molecule has 1 atom stereocenters. The molecule has 1 aromatic heterocycles. The van der Waals surface area contributed by atoms with E-state index in [0.717, 1.165) is 10.8 Å². The molecule has 0 aliphatic carbocycles. The van der Waals surface area contributed by atoms with E-state index in [9.17, 15) is 4.79 Å². The Morgan fingerprint density at radius 2 is 2.19 bits per heavy atom. The van der Waals surface area contributed by atoms with Gasteiger partial charge in [0.05, 0.1) is 0 Å². The van der Waals surface area contributed by atoms with Crippen LogP contribution in [0.3, 0.4) is 0 Å². The first-order valence-electron chi connectivity index (χ1n) is 4.90. The summed E-state index contributed by atoms with van der Waals surface area (Å²) in [6.07, 6.45) is 2.57. The minimum absolute atomic E-state index is 0.537. The van der Waals surface area contributed by atoms with Crippen LogP contribution < -0.4 is 4.74 Å². The number of hydrogen-bond donors (Lipinski definition) is 1. The Morgan fingerprint density at radius 1 is 1.38 bits per heavy atom. The van der Waals surface area contributed by atoms with E-state index < -0.39 is 12.1 Å². The molecule has 1 N–H and O–H groups in total. The van der Waals surface area contributed by atoms with E-state index in [4.69, 9.17) is 9.84 Å². The van der Waals surface area contributed by atoms with Crippen molar-refractivity contribution >= 4 is 16.7 Å². The van der Waals surface area contributed by atoms with E-state index in [-0.39, 0.29) is 0 Å². The zero-order valence-electron chi connectivity index (χ0n) is 8.75. The van der Waals surface area contributed by atoms with Crippen molar-refractivity contribution < 1.29 is 14.6 Å². The minimum Gasteiger partial charge on any atom is -0.479 e. The zero-order chi connectivity index (χ0) is 11.5. The van der Waals surface area contributed by atoms with Gasteiger partial charge < -0.3 is 9.84 Å². The number of hydrogen-bond acceptors (Lipinski definition) is 3. The highest BCUT2D eigenvalue weighted by molar-refractivity contribution is 5.83. The Hall–Kier alpha value is -2.10. The Bertz CT molecular complexity index is 524. The highest BCUT2D eigenvalue weighted by Gasteiger charge is 2.12. The molecule has 0 radical (unpaired) electrons. The molecule has 2 rings (SSSR count). The Kier molecular flexibility index (Phi) is 2.72. The fourth-order valence-electron chi connectivity index (χ4n) is 1.39. The molecule has 0 fully saturated rings. The van der Waals surface area contributed by atoms with Crippen LogP contribution in [0.5, 0.6) is 5.75 Å². The van der Waals surface area contributed by atoms with Gasteiger partial charge in [0, 0.05) is 17.8 Å². The molecule has 0 saturated heterocycles. The lowest BCUT2D eigenvalue weighted by Crippen LogP contribution is -2.22. The van der Waals surface area contributed by atoms with E-state index in [1.807, 2.05) is 12.1 Å². The van der Waals surface area contributed by atoms with Crippen molar-refractivity contribution in [2.45, 2.75) is 13.0 Å². The first kappa shape index (κ1) is 10.4. The topological polar surface area (TPSA) is 59.4 Å². The number of pyridine rings is 1. The molecule has 1 aromatic carbocycles. The lowest BCUT2D eigenvalue weighted by molar-refractivity contribution is -0.144. The third-order valence-corrected chi connectivity index (χ3v) is 2.27. The van der Waals surface area contributed by atoms with Crippen molar-refractivity contribution in [3.8, 4) is 5.75 Å². The molecule has 4 nitrogen and oxygen atoms in total. The lowest BCUT2D eigenvalue weighted by Gasteiger charge is -2.10. The second-order valence-corrected chi connectivity index (χ2v) is 3.48. The molecule has 2 aromatic rings. The fraction of sp³-hybridized carbons (Fsp3) is 0.167. The lowest BCUT2D eigenvalue weighted by atomic mass is 10.2. The van der Waals surface area contributed by atoms with E-state index in [1.54, 1.807) is 24.5 Å². The molecule has 1 unspecified atom stereocenters. The van der Waals surface area contributed by atoms with Gasteiger partial charge in [-0.2, -0.15) is 0 Å². The molecule has 0 aliphatic heterocycles. The Morgan fingerprint density at radius 3 is 2.94 bits per heavy atom. The number of ether oxygens (including phenoxy) is 1. The quantitative estimate of drug-likeness (QED) is 0.855. The molecule has 0 amide bonds. The van der Waals surface area contributed by atoms with Crippen molar-refractivity contribution in [2.24, 2.45) is 0 Å². The predicted octanol–water partition coefficient (Wildman–Crippen LogP) is 2.09. The number of nitrogens with zero attached hydrogens (tertiary/aromatic N) is 1. The summed E-state index contributed by atoms with van der Waals surface area (Å²) in [5, 5.41) is 10.7. The molecular weight excluding hydrogens is 206 g/mol. The van der Waals surface area contributed by atoms with Gasteiger partial charge in [0.2, 0.25) is 0 Å². The molecule has 1 heterocycles. The average Bonchev–Trinajstić information content (AvgIpc) is 2.28. The second kappa shape index (κ2) is 4.18. The highest BCUT2D eigenvalue weighted by atomic mass is 16.5. The van der Waals surface area contributed by atoms with Crippen molar-refractivity contribution in [1.29, 1.82) is 0 Å². The van der Waals surface area contributed by atoms with Crippen molar-refractivity contribution in [3.63, 3.8) is 0 Å². The zero-order valence-corrected chi connectivity index (χ0v) is 8.75. The van der Waals surface area contributed by atoms with Crippen LogP contribution in [0.4, 0.5) is 0 Å². The van der Waals surface area contributed by atoms with Crippen molar-refractivity contribution in [3.05, 3.63) is 36.7 Å². The molecule has 4 heteroatoms. The van der Waals surface area contributed by atoms with Crippen molar-refractivity contribution in [2.75, 3.05) is 0 Å². The third-order valence-electron chi connectivity index (χ3n) is 2.27. The van der Waals surface area contributed by atoms with Gasteiger partial charge >= 0.3 is 5.97 Å².